The molecule has 0 spiro atoms. The Balaban J connectivity index is 1.85. The third-order valence-electron chi connectivity index (χ3n) is 3.07. The summed E-state index contributed by atoms with van der Waals surface area (Å²) in [5.74, 6) is 0.947. The molecule has 0 aliphatic heterocycles. The fourth-order valence-electron chi connectivity index (χ4n) is 2.01. The van der Waals surface area contributed by atoms with Gasteiger partial charge in [0.2, 0.25) is 10.6 Å². The Bertz CT molecular complexity index is 969. The molecule has 9 heteroatoms. The first-order chi connectivity index (χ1) is 11.7. The minimum absolute atomic E-state index is 0.0262. The van der Waals surface area contributed by atoms with Crippen LogP contribution < -0.4 is 0 Å². The number of nitro benzene ring substituents is 1. The van der Waals surface area contributed by atoms with Gasteiger partial charge in [0.15, 0.2) is 5.76 Å². The monoisotopic (exact) mass is 341 g/mol. The van der Waals surface area contributed by atoms with Crippen LogP contribution in [0.3, 0.4) is 0 Å². The Morgan fingerprint density at radius 2 is 2.17 bits per heavy atom. The van der Waals surface area contributed by atoms with Crippen molar-refractivity contribution in [2.45, 2.75) is 0 Å². The predicted octanol–water partition coefficient (Wildman–Crippen LogP) is 3.66. The molecule has 0 radical (unpaired) electrons. The van der Waals surface area contributed by atoms with Crippen LogP contribution in [0.25, 0.3) is 17.7 Å². The maximum atomic E-state index is 11.0. The molecule has 0 saturated heterocycles. The summed E-state index contributed by atoms with van der Waals surface area (Å²) in [5, 5.41) is 21.8. The highest BCUT2D eigenvalue weighted by Crippen LogP contribution is 2.19. The summed E-state index contributed by atoms with van der Waals surface area (Å²) in [4.78, 5) is 10.5. The van der Waals surface area contributed by atoms with Crippen LogP contribution in [0.4, 0.5) is 5.69 Å². The van der Waals surface area contributed by atoms with Gasteiger partial charge in [0.1, 0.15) is 0 Å². The molecule has 1 aromatic carbocycles. The number of nitrogens with one attached hydrogen (secondary N) is 1. The molecule has 0 fully saturated rings. The molecule has 8 nitrogen and oxygen atoms in total. The molecule has 2 aromatic heterocycles. The second-order valence-corrected chi connectivity index (χ2v) is 4.97. The SMILES string of the molecule is O=[N+]([O-])c1ccccc1/C=C/C=Nn1c(-c2ccco2)n[nH]c1=S. The first-order valence-electron chi connectivity index (χ1n) is 6.82. The van der Waals surface area contributed by atoms with Crippen molar-refractivity contribution in [3.8, 4) is 11.6 Å². The summed E-state index contributed by atoms with van der Waals surface area (Å²) in [6, 6.07) is 9.91. The van der Waals surface area contributed by atoms with E-state index in [1.54, 1.807) is 42.5 Å². The first-order valence-corrected chi connectivity index (χ1v) is 7.23. The number of rotatable bonds is 5. The smallest absolute Gasteiger partial charge is 0.276 e. The van der Waals surface area contributed by atoms with Gasteiger partial charge in [-0.15, -0.1) is 5.10 Å². The van der Waals surface area contributed by atoms with E-state index in [0.29, 0.717) is 21.9 Å². The van der Waals surface area contributed by atoms with Crippen molar-refractivity contribution in [2.24, 2.45) is 5.10 Å². The molecule has 24 heavy (non-hydrogen) atoms. The van der Waals surface area contributed by atoms with Gasteiger partial charge in [0, 0.05) is 12.3 Å². The summed E-state index contributed by atoms with van der Waals surface area (Å²) in [7, 11) is 0. The van der Waals surface area contributed by atoms with Gasteiger partial charge in [-0.25, -0.2) is 5.10 Å². The van der Waals surface area contributed by atoms with Crippen molar-refractivity contribution in [3.63, 3.8) is 0 Å². The van der Waals surface area contributed by atoms with Crippen molar-refractivity contribution < 1.29 is 9.34 Å². The molecule has 0 aliphatic rings. The number of benzene rings is 1. The Morgan fingerprint density at radius 3 is 2.92 bits per heavy atom. The Hall–Kier alpha value is -3.33. The highest BCUT2D eigenvalue weighted by molar-refractivity contribution is 7.71. The third-order valence-corrected chi connectivity index (χ3v) is 3.33. The molecule has 0 amide bonds. The van der Waals surface area contributed by atoms with E-state index in [4.69, 9.17) is 16.6 Å². The predicted molar refractivity (Wildman–Crippen MR) is 91.1 cm³/mol. The largest absolute Gasteiger partial charge is 0.461 e. The van der Waals surface area contributed by atoms with Crippen molar-refractivity contribution >= 4 is 30.2 Å². The van der Waals surface area contributed by atoms with Gasteiger partial charge < -0.3 is 4.42 Å². The van der Waals surface area contributed by atoms with Crippen LogP contribution >= 0.6 is 12.2 Å². The van der Waals surface area contributed by atoms with Crippen molar-refractivity contribution in [2.75, 3.05) is 0 Å². The fourth-order valence-corrected chi connectivity index (χ4v) is 2.19. The van der Waals surface area contributed by atoms with E-state index in [-0.39, 0.29) is 5.69 Å². The molecule has 1 N–H and O–H groups in total. The average molecular weight is 341 g/mol. The lowest BCUT2D eigenvalue weighted by atomic mass is 10.2. The highest BCUT2D eigenvalue weighted by atomic mass is 32.1. The molecule has 0 aliphatic carbocycles. The molecule has 3 aromatic rings. The van der Waals surface area contributed by atoms with Gasteiger partial charge in [-0.05, 0) is 42.6 Å². The number of H-pyrrole nitrogens is 1. The number of hydrogen-bond donors (Lipinski definition) is 1. The average Bonchev–Trinajstić information content (AvgIpc) is 3.22. The standard InChI is InChI=1S/C15H11N5O3S/c21-20(22)12-7-2-1-5-11(12)6-3-9-16-19-14(17-18-15(19)24)13-8-4-10-23-13/h1-10H,(H,18,24)/b6-3+,16-9?. The zero-order valence-electron chi connectivity index (χ0n) is 12.2. The fraction of sp³-hybridized carbons (Fsp3) is 0. The Kier molecular flexibility index (Phi) is 4.43. The summed E-state index contributed by atoms with van der Waals surface area (Å²) in [6.45, 7) is 0. The summed E-state index contributed by atoms with van der Waals surface area (Å²) >= 11 is 5.12. The van der Waals surface area contributed by atoms with E-state index in [9.17, 15) is 10.1 Å². The van der Waals surface area contributed by atoms with Crippen LogP contribution in [0.5, 0.6) is 0 Å². The molecule has 2 heterocycles. The lowest BCUT2D eigenvalue weighted by Crippen LogP contribution is -1.93. The number of para-hydroxylation sites is 1. The van der Waals surface area contributed by atoms with Crippen LogP contribution in [-0.2, 0) is 0 Å². The van der Waals surface area contributed by atoms with Gasteiger partial charge in [0.05, 0.1) is 16.7 Å². The number of furan rings is 1. The molecule has 0 saturated carbocycles. The van der Waals surface area contributed by atoms with Crippen LogP contribution in [0.1, 0.15) is 5.56 Å². The minimum Gasteiger partial charge on any atom is -0.461 e. The van der Waals surface area contributed by atoms with E-state index in [1.807, 2.05) is 0 Å². The van der Waals surface area contributed by atoms with E-state index in [2.05, 4.69) is 15.3 Å². The lowest BCUT2D eigenvalue weighted by Gasteiger charge is -1.96. The summed E-state index contributed by atoms with van der Waals surface area (Å²) in [6.07, 6.45) is 6.17. The zero-order valence-corrected chi connectivity index (χ0v) is 13.0. The summed E-state index contributed by atoms with van der Waals surface area (Å²) < 4.78 is 6.98. The second-order valence-electron chi connectivity index (χ2n) is 4.58. The van der Waals surface area contributed by atoms with E-state index in [0.717, 1.165) is 0 Å². The molecule has 0 unspecified atom stereocenters. The first kappa shape index (κ1) is 15.6. The molecule has 0 bridgehead atoms. The maximum Gasteiger partial charge on any atom is 0.276 e. The highest BCUT2D eigenvalue weighted by Gasteiger charge is 2.10. The Morgan fingerprint density at radius 1 is 1.33 bits per heavy atom. The maximum absolute atomic E-state index is 11.0. The number of nitro groups is 1. The van der Waals surface area contributed by atoms with Crippen LogP contribution in [0.15, 0.2) is 58.3 Å². The van der Waals surface area contributed by atoms with Crippen LogP contribution in [0.2, 0.25) is 0 Å². The number of nitrogens with zero attached hydrogens (tertiary/aromatic N) is 4. The molecule has 0 atom stereocenters. The van der Waals surface area contributed by atoms with E-state index in [1.165, 1.54) is 23.2 Å². The van der Waals surface area contributed by atoms with Crippen LogP contribution in [-0.4, -0.2) is 26.0 Å². The lowest BCUT2D eigenvalue weighted by molar-refractivity contribution is -0.385. The number of hydrogen-bond acceptors (Lipinski definition) is 6. The third kappa shape index (κ3) is 3.20. The number of aromatic amines is 1. The quantitative estimate of drug-likeness (QED) is 0.330. The van der Waals surface area contributed by atoms with Gasteiger partial charge in [-0.3, -0.25) is 10.1 Å². The summed E-state index contributed by atoms with van der Waals surface area (Å²) in [5.41, 5.74) is 0.509. The molecular weight excluding hydrogens is 330 g/mol. The van der Waals surface area contributed by atoms with Crippen LogP contribution in [0, 0.1) is 14.9 Å². The number of aromatic nitrogens is 3. The molecule has 3 rings (SSSR count). The van der Waals surface area contributed by atoms with Gasteiger partial charge in [-0.2, -0.15) is 9.78 Å². The Labute approximate surface area is 140 Å². The zero-order chi connectivity index (χ0) is 16.9. The van der Waals surface area contributed by atoms with Crippen molar-refractivity contribution in [1.82, 2.24) is 14.9 Å². The van der Waals surface area contributed by atoms with E-state index < -0.39 is 4.92 Å². The van der Waals surface area contributed by atoms with Gasteiger partial charge in [0.25, 0.3) is 5.69 Å². The van der Waals surface area contributed by atoms with Crippen molar-refractivity contribution in [1.29, 1.82) is 0 Å². The normalized spacial score (nSPS) is 11.5. The van der Waals surface area contributed by atoms with Gasteiger partial charge >= 0.3 is 0 Å². The van der Waals surface area contributed by atoms with Crippen molar-refractivity contribution in [3.05, 3.63) is 69.2 Å². The topological polar surface area (TPSA) is 102 Å². The minimum atomic E-state index is -0.433. The number of allylic oxidation sites excluding steroid dienone is 1. The van der Waals surface area contributed by atoms with E-state index >= 15 is 0 Å². The van der Waals surface area contributed by atoms with Gasteiger partial charge in [-0.1, -0.05) is 12.1 Å². The molecule has 120 valence electrons. The molecular formula is C15H11N5O3S. The second kappa shape index (κ2) is 6.84.